The number of aryl methyl sites for hydroxylation is 2. The van der Waals surface area contributed by atoms with Crippen molar-refractivity contribution in [2.75, 3.05) is 50.1 Å². The largest absolute Gasteiger partial charge is 0.356 e. The Morgan fingerprint density at radius 2 is 1.58 bits per heavy atom. The van der Waals surface area contributed by atoms with Crippen molar-refractivity contribution in [3.63, 3.8) is 0 Å². The summed E-state index contributed by atoms with van der Waals surface area (Å²) in [5.74, 6) is 3.90. The van der Waals surface area contributed by atoms with Crippen LogP contribution in [0.15, 0.2) is 30.9 Å². The Hall–Kier alpha value is -3.07. The molecule has 0 bridgehead atoms. The third kappa shape index (κ3) is 3.97. The molecule has 0 spiro atoms. The first-order valence-electron chi connectivity index (χ1n) is 10.8. The van der Waals surface area contributed by atoms with Crippen molar-refractivity contribution in [3.05, 3.63) is 47.8 Å². The lowest BCUT2D eigenvalue weighted by molar-refractivity contribution is 0.308. The van der Waals surface area contributed by atoms with Crippen molar-refractivity contribution in [1.82, 2.24) is 34.6 Å². The van der Waals surface area contributed by atoms with Gasteiger partial charge in [0.1, 0.15) is 12.1 Å². The summed E-state index contributed by atoms with van der Waals surface area (Å²) in [6, 6.07) is 4.12. The molecule has 31 heavy (non-hydrogen) atoms. The summed E-state index contributed by atoms with van der Waals surface area (Å²) in [6.07, 6.45) is 5.55. The van der Waals surface area contributed by atoms with E-state index in [-0.39, 0.29) is 0 Å². The Kier molecular flexibility index (Phi) is 5.05. The quantitative estimate of drug-likeness (QED) is 0.618. The fourth-order valence-corrected chi connectivity index (χ4v) is 4.81. The molecule has 0 aromatic carbocycles. The van der Waals surface area contributed by atoms with Crippen LogP contribution in [0.2, 0.25) is 0 Å². The van der Waals surface area contributed by atoms with Crippen LogP contribution in [0, 0.1) is 25.7 Å². The maximum absolute atomic E-state index is 4.56. The zero-order valence-corrected chi connectivity index (χ0v) is 18.6. The van der Waals surface area contributed by atoms with E-state index in [0.717, 1.165) is 61.7 Å². The second-order valence-corrected chi connectivity index (χ2v) is 8.98. The summed E-state index contributed by atoms with van der Waals surface area (Å²) in [5, 5.41) is 4.56. The summed E-state index contributed by atoms with van der Waals surface area (Å²) in [5.41, 5.74) is 3.25. The summed E-state index contributed by atoms with van der Waals surface area (Å²) in [4.78, 5) is 24.7. The highest BCUT2D eigenvalue weighted by Gasteiger charge is 2.40. The number of hydrogen-bond donors (Lipinski definition) is 0. The summed E-state index contributed by atoms with van der Waals surface area (Å²) in [7, 11) is 3.92. The van der Waals surface area contributed by atoms with Crippen LogP contribution in [-0.2, 0) is 6.54 Å². The molecule has 5 rings (SSSR count). The van der Waals surface area contributed by atoms with E-state index in [2.05, 4.69) is 53.9 Å². The van der Waals surface area contributed by atoms with E-state index < -0.39 is 0 Å². The van der Waals surface area contributed by atoms with Gasteiger partial charge in [0, 0.05) is 76.5 Å². The number of anilines is 2. The average molecular weight is 420 g/mol. The van der Waals surface area contributed by atoms with Crippen molar-refractivity contribution >= 4 is 11.8 Å². The standard InChI is InChI=1S/C22H29N9/c1-15-5-16(2)31(27-15)21-6-20(25-14-26-21)30-12-18-10-29(11-19(18)13-30)9-17-7-23-22(24-8-17)28(3)4/h5-8,14,18-19H,9-13H2,1-4H3. The van der Waals surface area contributed by atoms with Crippen LogP contribution in [0.1, 0.15) is 17.0 Å². The van der Waals surface area contributed by atoms with Gasteiger partial charge in [0.15, 0.2) is 5.82 Å². The Morgan fingerprint density at radius 1 is 0.903 bits per heavy atom. The van der Waals surface area contributed by atoms with E-state index in [4.69, 9.17) is 0 Å². The van der Waals surface area contributed by atoms with Crippen molar-refractivity contribution in [3.8, 4) is 5.82 Å². The molecule has 0 aliphatic carbocycles. The molecular weight excluding hydrogens is 390 g/mol. The van der Waals surface area contributed by atoms with Gasteiger partial charge in [0.2, 0.25) is 5.95 Å². The number of rotatable bonds is 5. The first-order valence-corrected chi connectivity index (χ1v) is 10.8. The number of aromatic nitrogens is 6. The highest BCUT2D eigenvalue weighted by molar-refractivity contribution is 5.45. The van der Waals surface area contributed by atoms with Gasteiger partial charge in [-0.1, -0.05) is 0 Å². The van der Waals surface area contributed by atoms with Crippen LogP contribution in [-0.4, -0.2) is 74.9 Å². The van der Waals surface area contributed by atoms with Crippen LogP contribution in [0.25, 0.3) is 5.82 Å². The Bertz CT molecular complexity index is 1050. The molecule has 3 aromatic rings. The van der Waals surface area contributed by atoms with E-state index >= 15 is 0 Å². The van der Waals surface area contributed by atoms with E-state index in [0.29, 0.717) is 11.8 Å². The molecule has 2 aliphatic heterocycles. The minimum Gasteiger partial charge on any atom is -0.356 e. The lowest BCUT2D eigenvalue weighted by Gasteiger charge is -2.22. The van der Waals surface area contributed by atoms with Crippen LogP contribution in [0.4, 0.5) is 11.8 Å². The topological polar surface area (TPSA) is 79.1 Å². The minimum absolute atomic E-state index is 0.661. The van der Waals surface area contributed by atoms with Crippen molar-refractivity contribution in [2.45, 2.75) is 20.4 Å². The smallest absolute Gasteiger partial charge is 0.224 e. The third-order valence-electron chi connectivity index (χ3n) is 6.25. The molecule has 2 aliphatic rings. The molecular formula is C22H29N9. The van der Waals surface area contributed by atoms with Crippen molar-refractivity contribution in [2.24, 2.45) is 11.8 Å². The van der Waals surface area contributed by atoms with Crippen LogP contribution >= 0.6 is 0 Å². The summed E-state index contributed by atoms with van der Waals surface area (Å²) < 4.78 is 1.89. The average Bonchev–Trinajstić information content (AvgIpc) is 3.41. The fourth-order valence-electron chi connectivity index (χ4n) is 4.81. The van der Waals surface area contributed by atoms with Crippen molar-refractivity contribution in [1.29, 1.82) is 0 Å². The number of fused-ring (bicyclic) bond motifs is 1. The van der Waals surface area contributed by atoms with Gasteiger partial charge in [-0.3, -0.25) is 4.90 Å². The number of hydrogen-bond acceptors (Lipinski definition) is 8. The van der Waals surface area contributed by atoms with Crippen LogP contribution in [0.5, 0.6) is 0 Å². The zero-order chi connectivity index (χ0) is 21.5. The molecule has 5 heterocycles. The molecule has 0 saturated carbocycles. The second kappa shape index (κ2) is 7.88. The van der Waals surface area contributed by atoms with Gasteiger partial charge in [0.25, 0.3) is 0 Å². The number of nitrogens with zero attached hydrogens (tertiary/aromatic N) is 9. The number of likely N-dealkylation sites (tertiary alicyclic amines) is 1. The van der Waals surface area contributed by atoms with Gasteiger partial charge in [-0.05, 0) is 31.7 Å². The van der Waals surface area contributed by atoms with Crippen LogP contribution in [0.3, 0.4) is 0 Å². The second-order valence-electron chi connectivity index (χ2n) is 8.98. The van der Waals surface area contributed by atoms with Gasteiger partial charge in [-0.25, -0.2) is 24.6 Å². The Labute approximate surface area is 182 Å². The molecule has 2 saturated heterocycles. The molecule has 2 fully saturated rings. The zero-order valence-electron chi connectivity index (χ0n) is 18.6. The van der Waals surface area contributed by atoms with E-state index in [1.54, 1.807) is 6.33 Å². The Morgan fingerprint density at radius 3 is 2.19 bits per heavy atom. The SMILES string of the molecule is Cc1cc(C)n(-c2cc(N3CC4CN(Cc5cnc(N(C)C)nc5)CC4C3)ncn2)n1. The predicted molar refractivity (Wildman–Crippen MR) is 119 cm³/mol. The molecule has 0 radical (unpaired) electrons. The van der Waals surface area contributed by atoms with E-state index in [1.165, 1.54) is 5.56 Å². The highest BCUT2D eigenvalue weighted by atomic mass is 15.3. The molecule has 2 atom stereocenters. The molecule has 9 heteroatoms. The third-order valence-corrected chi connectivity index (χ3v) is 6.25. The van der Waals surface area contributed by atoms with Gasteiger partial charge in [0.05, 0.1) is 5.69 Å². The molecule has 3 aromatic heterocycles. The van der Waals surface area contributed by atoms with E-state index in [1.807, 2.05) is 43.0 Å². The van der Waals surface area contributed by atoms with Crippen molar-refractivity contribution < 1.29 is 0 Å². The molecule has 9 nitrogen and oxygen atoms in total. The predicted octanol–water partition coefficient (Wildman–Crippen LogP) is 1.70. The molecule has 162 valence electrons. The molecule has 2 unspecified atom stereocenters. The molecule has 0 amide bonds. The Balaban J connectivity index is 1.22. The highest BCUT2D eigenvalue weighted by Crippen LogP contribution is 2.34. The maximum Gasteiger partial charge on any atom is 0.224 e. The van der Waals surface area contributed by atoms with Crippen LogP contribution < -0.4 is 9.80 Å². The summed E-state index contributed by atoms with van der Waals surface area (Å²) in [6.45, 7) is 9.24. The normalized spacial score (nSPS) is 21.0. The first-order chi connectivity index (χ1) is 15.0. The van der Waals surface area contributed by atoms with Gasteiger partial charge < -0.3 is 9.80 Å². The van der Waals surface area contributed by atoms with Gasteiger partial charge >= 0.3 is 0 Å². The minimum atomic E-state index is 0.661. The lowest BCUT2D eigenvalue weighted by atomic mass is 10.0. The monoisotopic (exact) mass is 419 g/mol. The van der Waals surface area contributed by atoms with E-state index in [9.17, 15) is 0 Å². The fraction of sp³-hybridized carbons (Fsp3) is 0.500. The maximum atomic E-state index is 4.56. The van der Waals surface area contributed by atoms with Gasteiger partial charge in [-0.2, -0.15) is 5.10 Å². The van der Waals surface area contributed by atoms with Gasteiger partial charge in [-0.15, -0.1) is 0 Å². The summed E-state index contributed by atoms with van der Waals surface area (Å²) >= 11 is 0. The molecule has 0 N–H and O–H groups in total. The first kappa shape index (κ1) is 19.9. The lowest BCUT2D eigenvalue weighted by Crippen LogP contribution is -2.29.